The van der Waals surface area contributed by atoms with Crippen LogP contribution in [0.1, 0.15) is 24.0 Å². The molecular formula is C13H13ClF3NO3. The van der Waals surface area contributed by atoms with Crippen molar-refractivity contribution >= 4 is 17.7 Å². The molecule has 0 saturated carbocycles. The van der Waals surface area contributed by atoms with Crippen LogP contribution in [0.5, 0.6) is 0 Å². The predicted molar refractivity (Wildman–Crippen MR) is 69.2 cm³/mol. The fraction of sp³-hybridized carbons (Fsp3) is 0.462. The summed E-state index contributed by atoms with van der Waals surface area (Å²) in [4.78, 5) is 11.9. The van der Waals surface area contributed by atoms with Crippen LogP contribution in [-0.2, 0) is 11.8 Å². The topological polar surface area (TPSA) is 60.8 Å². The van der Waals surface area contributed by atoms with Crippen LogP contribution in [0.3, 0.4) is 0 Å². The van der Waals surface area contributed by atoms with Crippen molar-refractivity contribution in [3.05, 3.63) is 34.3 Å². The molecular weight excluding hydrogens is 311 g/mol. The van der Waals surface area contributed by atoms with Gasteiger partial charge in [0.2, 0.25) is 0 Å². The molecule has 1 heterocycles. The normalized spacial score (nSPS) is 18.6. The van der Waals surface area contributed by atoms with E-state index in [0.29, 0.717) is 0 Å². The molecule has 1 aliphatic heterocycles. The van der Waals surface area contributed by atoms with Gasteiger partial charge in [0, 0.05) is 13.1 Å². The number of hydrogen-bond donors (Lipinski definition) is 2. The van der Waals surface area contributed by atoms with E-state index in [1.54, 1.807) is 0 Å². The van der Waals surface area contributed by atoms with E-state index in [1.807, 2.05) is 0 Å². The Hall–Kier alpha value is -1.47. The second-order valence-electron chi connectivity index (χ2n) is 4.99. The second kappa shape index (κ2) is 5.38. The Labute approximate surface area is 123 Å². The smallest absolute Gasteiger partial charge is 0.417 e. The molecule has 0 bridgehead atoms. The van der Waals surface area contributed by atoms with Gasteiger partial charge in [-0.15, -0.1) is 0 Å². The maximum atomic E-state index is 12.8. The average Bonchev–Trinajstić information content (AvgIpc) is 2.38. The zero-order chi connectivity index (χ0) is 15.8. The Morgan fingerprint density at radius 3 is 2.33 bits per heavy atom. The fourth-order valence-corrected chi connectivity index (χ4v) is 2.61. The summed E-state index contributed by atoms with van der Waals surface area (Å²) >= 11 is 5.54. The molecule has 8 heteroatoms. The van der Waals surface area contributed by atoms with Gasteiger partial charge >= 0.3 is 12.3 Å². The van der Waals surface area contributed by atoms with Crippen LogP contribution < -0.4 is 0 Å². The first-order valence-electron chi connectivity index (χ1n) is 6.21. The number of aliphatic hydroxyl groups is 1. The summed E-state index contributed by atoms with van der Waals surface area (Å²) in [6, 6.07) is 3.27. The van der Waals surface area contributed by atoms with Crippen LogP contribution in [-0.4, -0.2) is 34.3 Å². The van der Waals surface area contributed by atoms with E-state index < -0.39 is 28.5 Å². The highest BCUT2D eigenvalue weighted by atomic mass is 35.5. The quantitative estimate of drug-likeness (QED) is 0.833. The lowest BCUT2D eigenvalue weighted by molar-refractivity contribution is -0.137. The molecule has 116 valence electrons. The maximum absolute atomic E-state index is 12.8. The van der Waals surface area contributed by atoms with Crippen LogP contribution in [0, 0.1) is 0 Å². The number of benzene rings is 1. The van der Waals surface area contributed by atoms with Gasteiger partial charge in [0.15, 0.2) is 0 Å². The van der Waals surface area contributed by atoms with Crippen molar-refractivity contribution in [1.82, 2.24) is 4.90 Å². The average molecular weight is 324 g/mol. The van der Waals surface area contributed by atoms with Crippen molar-refractivity contribution in [1.29, 1.82) is 0 Å². The Morgan fingerprint density at radius 1 is 1.29 bits per heavy atom. The van der Waals surface area contributed by atoms with E-state index in [9.17, 15) is 23.1 Å². The van der Waals surface area contributed by atoms with Crippen LogP contribution in [0.15, 0.2) is 18.2 Å². The number of amides is 1. The number of carbonyl (C=O) groups is 1. The number of rotatable bonds is 1. The lowest BCUT2D eigenvalue weighted by Crippen LogP contribution is -2.44. The molecule has 0 aliphatic carbocycles. The molecule has 0 spiro atoms. The van der Waals surface area contributed by atoms with Gasteiger partial charge in [0.25, 0.3) is 0 Å². The van der Waals surface area contributed by atoms with Gasteiger partial charge < -0.3 is 15.1 Å². The van der Waals surface area contributed by atoms with E-state index in [1.165, 1.54) is 6.07 Å². The number of hydrogen-bond acceptors (Lipinski definition) is 2. The zero-order valence-electron chi connectivity index (χ0n) is 10.8. The lowest BCUT2D eigenvalue weighted by atomic mass is 9.84. The summed E-state index contributed by atoms with van der Waals surface area (Å²) in [6.45, 7) is 0.131. The highest BCUT2D eigenvalue weighted by molar-refractivity contribution is 6.31. The van der Waals surface area contributed by atoms with Gasteiger partial charge in [0.05, 0.1) is 16.2 Å². The van der Waals surface area contributed by atoms with Gasteiger partial charge in [-0.3, -0.25) is 0 Å². The molecule has 0 unspecified atom stereocenters. The molecule has 0 aromatic heterocycles. The van der Waals surface area contributed by atoms with Gasteiger partial charge in [-0.1, -0.05) is 17.7 Å². The summed E-state index contributed by atoms with van der Waals surface area (Å²) in [6.07, 6.45) is -5.63. The predicted octanol–water partition coefficient (Wildman–Crippen LogP) is 3.32. The van der Waals surface area contributed by atoms with Crippen molar-refractivity contribution in [3.8, 4) is 0 Å². The van der Waals surface area contributed by atoms with Crippen LogP contribution in [0.25, 0.3) is 0 Å². The number of halogens is 4. The summed E-state index contributed by atoms with van der Waals surface area (Å²) in [5.41, 5.74) is -2.38. The van der Waals surface area contributed by atoms with Gasteiger partial charge in [-0.25, -0.2) is 4.79 Å². The molecule has 1 fully saturated rings. The van der Waals surface area contributed by atoms with Gasteiger partial charge in [0.1, 0.15) is 0 Å². The monoisotopic (exact) mass is 323 g/mol. The molecule has 0 radical (unpaired) electrons. The van der Waals surface area contributed by atoms with E-state index in [4.69, 9.17) is 16.7 Å². The van der Waals surface area contributed by atoms with Crippen LogP contribution in [0.4, 0.5) is 18.0 Å². The van der Waals surface area contributed by atoms with Crippen LogP contribution in [0.2, 0.25) is 5.02 Å². The first kappa shape index (κ1) is 15.9. The summed E-state index contributed by atoms with van der Waals surface area (Å²) in [5, 5.41) is 18.9. The molecule has 21 heavy (non-hydrogen) atoms. The van der Waals surface area contributed by atoms with Crippen molar-refractivity contribution in [2.75, 3.05) is 13.1 Å². The number of carboxylic acid groups (broad SMARTS) is 1. The maximum Gasteiger partial charge on any atom is 0.417 e. The molecule has 2 rings (SSSR count). The highest BCUT2D eigenvalue weighted by Gasteiger charge is 2.39. The number of piperidine rings is 1. The van der Waals surface area contributed by atoms with Crippen molar-refractivity contribution in [2.24, 2.45) is 0 Å². The van der Waals surface area contributed by atoms with E-state index in [0.717, 1.165) is 17.0 Å². The second-order valence-corrected chi connectivity index (χ2v) is 5.40. The molecule has 1 aromatic carbocycles. The first-order chi connectivity index (χ1) is 9.63. The SMILES string of the molecule is O=C(O)N1CCC(O)(c2ccc(Cl)c(C(F)(F)F)c2)CC1. The summed E-state index contributed by atoms with van der Waals surface area (Å²) in [7, 11) is 0. The minimum atomic E-state index is -4.61. The van der Waals surface area contributed by atoms with E-state index in [-0.39, 0.29) is 31.5 Å². The fourth-order valence-electron chi connectivity index (χ4n) is 2.39. The minimum absolute atomic E-state index is 0.0399. The molecule has 2 N–H and O–H groups in total. The largest absolute Gasteiger partial charge is 0.465 e. The molecule has 0 atom stereocenters. The Kier molecular flexibility index (Phi) is 4.08. The highest BCUT2D eigenvalue weighted by Crippen LogP contribution is 2.39. The van der Waals surface area contributed by atoms with Crippen molar-refractivity contribution in [3.63, 3.8) is 0 Å². The standard InChI is InChI=1S/C13H13ClF3NO3/c14-10-2-1-8(7-9(10)13(15,16)17)12(21)3-5-18(6-4-12)11(19)20/h1-2,7,21H,3-6H2,(H,19,20). The summed E-state index contributed by atoms with van der Waals surface area (Å²) < 4.78 is 38.5. The molecule has 1 saturated heterocycles. The third-order valence-corrected chi connectivity index (χ3v) is 4.00. The number of nitrogens with zero attached hydrogens (tertiary/aromatic N) is 1. The molecule has 1 aromatic rings. The lowest BCUT2D eigenvalue weighted by Gasteiger charge is -2.37. The van der Waals surface area contributed by atoms with Gasteiger partial charge in [-0.05, 0) is 30.5 Å². The first-order valence-corrected chi connectivity index (χ1v) is 6.59. The third kappa shape index (κ3) is 3.24. The Bertz CT molecular complexity index is 554. The Morgan fingerprint density at radius 2 is 1.86 bits per heavy atom. The Balaban J connectivity index is 2.28. The van der Waals surface area contributed by atoms with Crippen LogP contribution >= 0.6 is 11.6 Å². The van der Waals surface area contributed by atoms with E-state index >= 15 is 0 Å². The van der Waals surface area contributed by atoms with Crippen molar-refractivity contribution < 1.29 is 28.2 Å². The third-order valence-electron chi connectivity index (χ3n) is 3.67. The minimum Gasteiger partial charge on any atom is -0.465 e. The van der Waals surface area contributed by atoms with Gasteiger partial charge in [-0.2, -0.15) is 13.2 Å². The molecule has 1 aliphatic rings. The molecule has 1 amide bonds. The molecule has 4 nitrogen and oxygen atoms in total. The number of alkyl halides is 3. The van der Waals surface area contributed by atoms with Crippen molar-refractivity contribution in [2.45, 2.75) is 24.6 Å². The summed E-state index contributed by atoms with van der Waals surface area (Å²) in [5.74, 6) is 0. The van der Waals surface area contributed by atoms with E-state index in [2.05, 4.69) is 0 Å². The zero-order valence-corrected chi connectivity index (χ0v) is 11.6. The number of likely N-dealkylation sites (tertiary alicyclic amines) is 1.